The van der Waals surface area contributed by atoms with Gasteiger partial charge >= 0.3 is 0 Å². The van der Waals surface area contributed by atoms with Crippen LogP contribution in [0.2, 0.25) is 5.02 Å². The predicted molar refractivity (Wildman–Crippen MR) is 123 cm³/mol. The highest BCUT2D eigenvalue weighted by Crippen LogP contribution is 2.27. The Balaban J connectivity index is 1.83. The number of anilines is 1. The van der Waals surface area contributed by atoms with Crippen LogP contribution in [0.4, 0.5) is 5.69 Å². The summed E-state index contributed by atoms with van der Waals surface area (Å²) in [6.07, 6.45) is 0.875. The molecule has 2 aromatic rings. The molecule has 4 amide bonds. The third-order valence-electron chi connectivity index (χ3n) is 5.48. The summed E-state index contributed by atoms with van der Waals surface area (Å²) >= 11 is 5.91. The maximum absolute atomic E-state index is 13.2. The topological polar surface area (TPSA) is 96.0 Å². The molecule has 3 rings (SSSR count). The molecule has 0 spiro atoms. The lowest BCUT2D eigenvalue weighted by Gasteiger charge is -2.29. The fourth-order valence-corrected chi connectivity index (χ4v) is 3.72. The molecule has 1 atom stereocenters. The number of para-hydroxylation sites is 1. The molecular formula is C24H26ClN3O5. The number of rotatable bonds is 8. The number of carbonyl (C=O) groups excluding carboxylic acids is 4. The van der Waals surface area contributed by atoms with E-state index < -0.39 is 36.3 Å². The fraction of sp³-hybridized carbons (Fsp3) is 0.333. The van der Waals surface area contributed by atoms with Crippen LogP contribution >= 0.6 is 11.6 Å². The average molecular weight is 472 g/mol. The lowest BCUT2D eigenvalue weighted by Crippen LogP contribution is -2.57. The summed E-state index contributed by atoms with van der Waals surface area (Å²) in [6, 6.07) is 13.8. The number of amides is 4. The van der Waals surface area contributed by atoms with Crippen LogP contribution in [0.25, 0.3) is 0 Å². The number of hydrazine groups is 1. The smallest absolute Gasteiger partial charge is 0.279 e. The molecule has 0 radical (unpaired) electrons. The minimum atomic E-state index is -1.18. The van der Waals surface area contributed by atoms with Crippen LogP contribution in [0.3, 0.4) is 0 Å². The minimum Gasteiger partial charge on any atom is -0.484 e. The number of nitrogens with zero attached hydrogens (tertiary/aromatic N) is 2. The van der Waals surface area contributed by atoms with E-state index in [1.165, 1.54) is 0 Å². The second kappa shape index (κ2) is 11.0. The van der Waals surface area contributed by atoms with E-state index in [0.29, 0.717) is 29.3 Å². The van der Waals surface area contributed by atoms with Gasteiger partial charge in [-0.25, -0.2) is 9.91 Å². The molecular weight excluding hydrogens is 446 g/mol. The number of hydrogen-bond donors (Lipinski definition) is 1. The zero-order valence-electron chi connectivity index (χ0n) is 18.5. The molecule has 9 heteroatoms. The highest BCUT2D eigenvalue weighted by atomic mass is 35.5. The van der Waals surface area contributed by atoms with Crippen molar-refractivity contribution in [2.24, 2.45) is 5.92 Å². The molecule has 1 unspecified atom stereocenters. The van der Waals surface area contributed by atoms with Crippen molar-refractivity contribution in [3.63, 3.8) is 0 Å². The third kappa shape index (κ3) is 5.70. The Hall–Kier alpha value is -3.39. The van der Waals surface area contributed by atoms with E-state index in [0.717, 1.165) is 9.91 Å². The van der Waals surface area contributed by atoms with Crippen molar-refractivity contribution in [2.75, 3.05) is 11.5 Å². The van der Waals surface area contributed by atoms with E-state index in [1.807, 2.05) is 19.9 Å². The van der Waals surface area contributed by atoms with E-state index >= 15 is 0 Å². The zero-order chi connectivity index (χ0) is 24.0. The first kappa shape index (κ1) is 24.3. The maximum Gasteiger partial charge on any atom is 0.279 e. The second-order valence-electron chi connectivity index (χ2n) is 7.62. The van der Waals surface area contributed by atoms with Gasteiger partial charge < -0.3 is 4.74 Å². The Morgan fingerprint density at radius 2 is 1.73 bits per heavy atom. The first-order valence-corrected chi connectivity index (χ1v) is 11.2. The molecule has 1 heterocycles. The van der Waals surface area contributed by atoms with Gasteiger partial charge in [0.2, 0.25) is 11.8 Å². The van der Waals surface area contributed by atoms with Crippen LogP contribution in [-0.2, 0) is 19.2 Å². The molecule has 33 heavy (non-hydrogen) atoms. The second-order valence-corrected chi connectivity index (χ2v) is 8.06. The fourth-order valence-electron chi connectivity index (χ4n) is 3.59. The molecule has 0 bridgehead atoms. The number of imide groups is 1. The Kier molecular flexibility index (Phi) is 8.06. The molecule has 1 aliphatic rings. The minimum absolute atomic E-state index is 0.262. The Morgan fingerprint density at radius 1 is 1.09 bits per heavy atom. The van der Waals surface area contributed by atoms with Crippen molar-refractivity contribution in [1.82, 2.24) is 10.4 Å². The molecule has 0 aromatic heterocycles. The van der Waals surface area contributed by atoms with E-state index in [-0.39, 0.29) is 12.3 Å². The highest BCUT2D eigenvalue weighted by Gasteiger charge is 2.45. The van der Waals surface area contributed by atoms with Crippen molar-refractivity contribution < 1.29 is 23.9 Å². The standard InChI is InChI=1S/C24H26ClN3O5/c1-3-16(4-2)23(31)26-28(22(30)15-33-19-8-6-5-7-9-19)20-14-21(29)27(24(20)32)18-12-10-17(25)11-13-18/h5-13,16,20H,3-4,14-15H2,1-2H3,(H,26,31). The summed E-state index contributed by atoms with van der Waals surface area (Å²) < 4.78 is 5.52. The molecule has 1 saturated heterocycles. The number of nitrogens with one attached hydrogen (secondary N) is 1. The number of halogens is 1. The molecule has 0 aliphatic carbocycles. The predicted octanol–water partition coefficient (Wildman–Crippen LogP) is 3.35. The summed E-state index contributed by atoms with van der Waals surface area (Å²) in [5.74, 6) is -1.99. The Labute approximate surface area is 197 Å². The average Bonchev–Trinajstić information content (AvgIpc) is 3.11. The van der Waals surface area contributed by atoms with Crippen molar-refractivity contribution in [2.45, 2.75) is 39.2 Å². The highest BCUT2D eigenvalue weighted by molar-refractivity contribution is 6.30. The summed E-state index contributed by atoms with van der Waals surface area (Å²) in [5.41, 5.74) is 2.92. The Morgan fingerprint density at radius 3 is 2.33 bits per heavy atom. The normalized spacial score (nSPS) is 15.6. The SMILES string of the molecule is CCC(CC)C(=O)NN(C(=O)COc1ccccc1)C1CC(=O)N(c2ccc(Cl)cc2)C1=O. The van der Waals surface area contributed by atoms with Gasteiger partial charge in [-0.3, -0.25) is 24.6 Å². The molecule has 1 fully saturated rings. The van der Waals surface area contributed by atoms with Crippen LogP contribution in [0.1, 0.15) is 33.1 Å². The van der Waals surface area contributed by atoms with Gasteiger partial charge in [-0.05, 0) is 49.2 Å². The van der Waals surface area contributed by atoms with Gasteiger partial charge in [0.05, 0.1) is 12.1 Å². The van der Waals surface area contributed by atoms with Gasteiger partial charge in [-0.15, -0.1) is 0 Å². The van der Waals surface area contributed by atoms with Crippen LogP contribution < -0.4 is 15.1 Å². The van der Waals surface area contributed by atoms with Gasteiger partial charge in [0.25, 0.3) is 11.8 Å². The summed E-state index contributed by atoms with van der Waals surface area (Å²) in [7, 11) is 0. The Bertz CT molecular complexity index is 1010. The van der Waals surface area contributed by atoms with Crippen molar-refractivity contribution in [1.29, 1.82) is 0 Å². The van der Waals surface area contributed by atoms with Crippen molar-refractivity contribution in [3.8, 4) is 5.75 Å². The molecule has 2 aromatic carbocycles. The molecule has 1 aliphatic heterocycles. The van der Waals surface area contributed by atoms with Crippen molar-refractivity contribution in [3.05, 3.63) is 59.6 Å². The third-order valence-corrected chi connectivity index (χ3v) is 5.73. The lowest BCUT2D eigenvalue weighted by molar-refractivity contribution is -0.150. The van der Waals surface area contributed by atoms with E-state index in [9.17, 15) is 19.2 Å². The quantitative estimate of drug-likeness (QED) is 0.470. The van der Waals surface area contributed by atoms with Gasteiger partial charge in [0, 0.05) is 10.9 Å². The first-order valence-electron chi connectivity index (χ1n) is 10.8. The maximum atomic E-state index is 13.2. The van der Waals surface area contributed by atoms with Crippen LogP contribution in [0.5, 0.6) is 5.75 Å². The zero-order valence-corrected chi connectivity index (χ0v) is 19.2. The van der Waals surface area contributed by atoms with Crippen LogP contribution in [0.15, 0.2) is 54.6 Å². The molecule has 174 valence electrons. The van der Waals surface area contributed by atoms with E-state index in [1.54, 1.807) is 48.5 Å². The lowest BCUT2D eigenvalue weighted by atomic mass is 10.0. The van der Waals surface area contributed by atoms with Crippen LogP contribution in [-0.4, -0.2) is 41.3 Å². The number of ether oxygens (including phenoxy) is 1. The molecule has 0 saturated carbocycles. The van der Waals surface area contributed by atoms with Gasteiger partial charge in [0.15, 0.2) is 6.61 Å². The van der Waals surface area contributed by atoms with Gasteiger partial charge in [0.1, 0.15) is 11.8 Å². The molecule has 8 nitrogen and oxygen atoms in total. The number of hydrogen-bond acceptors (Lipinski definition) is 5. The van der Waals surface area contributed by atoms with Crippen molar-refractivity contribution >= 4 is 40.9 Å². The monoisotopic (exact) mass is 471 g/mol. The summed E-state index contributed by atoms with van der Waals surface area (Å²) in [5, 5.41) is 1.40. The number of benzene rings is 2. The van der Waals surface area contributed by atoms with Gasteiger partial charge in [-0.1, -0.05) is 43.6 Å². The van der Waals surface area contributed by atoms with Gasteiger partial charge in [-0.2, -0.15) is 0 Å². The summed E-state index contributed by atoms with van der Waals surface area (Å²) in [6.45, 7) is 3.32. The molecule has 1 N–H and O–H groups in total. The van der Waals surface area contributed by atoms with E-state index in [4.69, 9.17) is 16.3 Å². The van der Waals surface area contributed by atoms with E-state index in [2.05, 4.69) is 5.43 Å². The number of carbonyl (C=O) groups is 4. The first-order chi connectivity index (χ1) is 15.8. The largest absolute Gasteiger partial charge is 0.484 e. The summed E-state index contributed by atoms with van der Waals surface area (Å²) in [4.78, 5) is 52.7. The van der Waals surface area contributed by atoms with Crippen LogP contribution in [0, 0.1) is 5.92 Å².